The molecule has 0 aliphatic carbocycles. The van der Waals surface area contributed by atoms with Gasteiger partial charge in [-0.1, -0.05) is 112 Å². The van der Waals surface area contributed by atoms with Gasteiger partial charge in [0, 0.05) is 26.1 Å². The lowest BCUT2D eigenvalue weighted by molar-refractivity contribution is -0.138. The van der Waals surface area contributed by atoms with Crippen molar-refractivity contribution in [1.29, 1.82) is 0 Å². The summed E-state index contributed by atoms with van der Waals surface area (Å²) in [6.07, 6.45) is 1.90. The van der Waals surface area contributed by atoms with Crippen molar-refractivity contribution >= 4 is 24.6 Å². The summed E-state index contributed by atoms with van der Waals surface area (Å²) < 4.78 is 19.5. The van der Waals surface area contributed by atoms with Crippen molar-refractivity contribution in [2.24, 2.45) is 0 Å². The number of carbonyl (C=O) groups is 1. The summed E-state index contributed by atoms with van der Waals surface area (Å²) in [5.41, 5.74) is 1.11. The summed E-state index contributed by atoms with van der Waals surface area (Å²) in [6.45, 7) is 9.27. The van der Waals surface area contributed by atoms with E-state index in [1.54, 1.807) is 0 Å². The molecule has 1 unspecified atom stereocenters. The van der Waals surface area contributed by atoms with Crippen molar-refractivity contribution in [2.75, 3.05) is 19.7 Å². The molecule has 1 saturated heterocycles. The molecule has 0 bridgehead atoms. The molecule has 0 spiro atoms. The molecular weight excluding hydrogens is 550 g/mol. The second kappa shape index (κ2) is 14.1. The van der Waals surface area contributed by atoms with Gasteiger partial charge in [0.15, 0.2) is 6.10 Å². The fraction of sp³-hybridized carbons (Fsp3) is 0.324. The molecule has 1 aliphatic heterocycles. The van der Waals surface area contributed by atoms with E-state index < -0.39 is 14.4 Å². The molecule has 5 rings (SSSR count). The van der Waals surface area contributed by atoms with E-state index in [1.165, 1.54) is 10.4 Å². The first-order chi connectivity index (χ1) is 20.9. The second-order valence-corrected chi connectivity index (χ2v) is 16.5. The maximum absolute atomic E-state index is 13.7. The van der Waals surface area contributed by atoms with Crippen LogP contribution in [0.1, 0.15) is 45.6 Å². The smallest absolute Gasteiger partial charge is 0.263 e. The Bertz CT molecular complexity index is 1380. The van der Waals surface area contributed by atoms with E-state index >= 15 is 0 Å². The van der Waals surface area contributed by atoms with Gasteiger partial charge in [-0.05, 0) is 58.1 Å². The summed E-state index contributed by atoms with van der Waals surface area (Å²) in [4.78, 5) is 15.6. The van der Waals surface area contributed by atoms with Crippen molar-refractivity contribution in [3.8, 4) is 11.5 Å². The zero-order valence-corrected chi connectivity index (χ0v) is 26.6. The van der Waals surface area contributed by atoms with Crippen LogP contribution in [0.15, 0.2) is 115 Å². The Kier molecular flexibility index (Phi) is 10.0. The Labute approximate surface area is 257 Å². The van der Waals surface area contributed by atoms with Crippen LogP contribution in [0.5, 0.6) is 11.5 Å². The number of likely N-dealkylation sites (tertiary alicyclic amines) is 1. The SMILES string of the molecule is CC(C)(C)[Si](OCCC(Oc1ccc(OCc2ccccc2)cc1)C(=O)N1CCCC1)(c1ccccc1)c1ccccc1. The van der Waals surface area contributed by atoms with Crippen LogP contribution in [0.25, 0.3) is 0 Å². The van der Waals surface area contributed by atoms with E-state index in [0.717, 1.165) is 37.2 Å². The Balaban J connectivity index is 1.34. The van der Waals surface area contributed by atoms with Crippen LogP contribution in [0.2, 0.25) is 5.04 Å². The van der Waals surface area contributed by atoms with Crippen LogP contribution in [-0.4, -0.2) is 44.9 Å². The lowest BCUT2D eigenvalue weighted by Crippen LogP contribution is -2.66. The zero-order chi connectivity index (χ0) is 30.1. The largest absolute Gasteiger partial charge is 0.489 e. The van der Waals surface area contributed by atoms with Crippen LogP contribution < -0.4 is 19.8 Å². The minimum absolute atomic E-state index is 0.0351. The van der Waals surface area contributed by atoms with Gasteiger partial charge in [0.2, 0.25) is 0 Å². The van der Waals surface area contributed by atoms with Crippen LogP contribution >= 0.6 is 0 Å². The summed E-state index contributed by atoms with van der Waals surface area (Å²) in [6, 6.07) is 38.9. The van der Waals surface area contributed by atoms with E-state index in [1.807, 2.05) is 71.6 Å². The molecule has 6 heteroatoms. The highest BCUT2D eigenvalue weighted by Crippen LogP contribution is 2.37. The van der Waals surface area contributed by atoms with E-state index in [0.29, 0.717) is 25.4 Å². The van der Waals surface area contributed by atoms with Crippen LogP contribution in [0, 0.1) is 0 Å². The lowest BCUT2D eigenvalue weighted by atomic mass is 10.2. The molecule has 224 valence electrons. The van der Waals surface area contributed by atoms with Gasteiger partial charge in [-0.15, -0.1) is 0 Å². The van der Waals surface area contributed by atoms with Gasteiger partial charge in [-0.2, -0.15) is 0 Å². The second-order valence-electron chi connectivity index (χ2n) is 12.2. The van der Waals surface area contributed by atoms with E-state index in [2.05, 4.69) is 69.3 Å². The third-order valence-electron chi connectivity index (χ3n) is 8.16. The fourth-order valence-corrected chi connectivity index (χ4v) is 10.6. The van der Waals surface area contributed by atoms with E-state index in [-0.39, 0.29) is 10.9 Å². The van der Waals surface area contributed by atoms with Gasteiger partial charge in [-0.25, -0.2) is 0 Å². The first-order valence-electron chi connectivity index (χ1n) is 15.3. The number of nitrogens with zero attached hydrogens (tertiary/aromatic N) is 1. The highest BCUT2D eigenvalue weighted by atomic mass is 28.4. The van der Waals surface area contributed by atoms with Crippen molar-refractivity contribution in [3.63, 3.8) is 0 Å². The molecule has 1 fully saturated rings. The third-order valence-corrected chi connectivity index (χ3v) is 13.2. The molecule has 43 heavy (non-hydrogen) atoms. The molecule has 0 saturated carbocycles. The van der Waals surface area contributed by atoms with Gasteiger partial charge in [0.25, 0.3) is 14.2 Å². The summed E-state index contributed by atoms with van der Waals surface area (Å²) >= 11 is 0. The maximum atomic E-state index is 13.7. The topological polar surface area (TPSA) is 48.0 Å². The van der Waals surface area contributed by atoms with Gasteiger partial charge in [0.05, 0.1) is 0 Å². The van der Waals surface area contributed by atoms with Crippen molar-refractivity contribution in [1.82, 2.24) is 4.90 Å². The molecule has 1 atom stereocenters. The first kappa shape index (κ1) is 30.6. The Morgan fingerprint density at radius 3 is 1.79 bits per heavy atom. The molecule has 0 N–H and O–H groups in total. The van der Waals surface area contributed by atoms with Gasteiger partial charge in [0.1, 0.15) is 18.1 Å². The van der Waals surface area contributed by atoms with E-state index in [9.17, 15) is 4.79 Å². The number of ether oxygens (including phenoxy) is 2. The highest BCUT2D eigenvalue weighted by molar-refractivity contribution is 6.99. The summed E-state index contributed by atoms with van der Waals surface area (Å²) in [7, 11) is -2.72. The van der Waals surface area contributed by atoms with Gasteiger partial charge >= 0.3 is 0 Å². The van der Waals surface area contributed by atoms with Crippen molar-refractivity contribution < 1.29 is 18.7 Å². The normalized spacial score (nSPS) is 14.3. The predicted molar refractivity (Wildman–Crippen MR) is 176 cm³/mol. The molecule has 0 aromatic heterocycles. The Hall–Kier alpha value is -3.87. The van der Waals surface area contributed by atoms with Crippen molar-refractivity contribution in [2.45, 2.75) is 57.8 Å². The number of rotatable bonds is 12. The van der Waals surface area contributed by atoms with E-state index in [4.69, 9.17) is 13.9 Å². The van der Waals surface area contributed by atoms with Crippen molar-refractivity contribution in [3.05, 3.63) is 121 Å². The standard InChI is InChI=1S/C37H43NO4Si/c1-37(2,3)43(33-17-9-5-10-18-33,34-19-11-6-12-20-34)41-28-25-35(36(39)38-26-13-14-27-38)42-32-23-21-31(22-24-32)40-29-30-15-7-4-8-16-30/h4-12,15-24,35H,13-14,25-29H2,1-3H3. The molecule has 0 radical (unpaired) electrons. The first-order valence-corrected chi connectivity index (χ1v) is 17.2. The number of amides is 1. The Morgan fingerprint density at radius 2 is 1.26 bits per heavy atom. The van der Waals surface area contributed by atoms with Crippen LogP contribution in [-0.2, 0) is 15.8 Å². The number of benzene rings is 4. The highest BCUT2D eigenvalue weighted by Gasteiger charge is 2.50. The quantitative estimate of drug-likeness (QED) is 0.174. The molecule has 1 heterocycles. The third kappa shape index (κ3) is 7.38. The average molecular weight is 594 g/mol. The summed E-state index contributed by atoms with van der Waals surface area (Å²) in [5, 5.41) is 2.31. The lowest BCUT2D eigenvalue weighted by Gasteiger charge is -2.43. The molecular formula is C37H43NO4Si. The van der Waals surface area contributed by atoms with Gasteiger partial charge in [-0.3, -0.25) is 4.79 Å². The molecule has 1 aliphatic rings. The van der Waals surface area contributed by atoms with Gasteiger partial charge < -0.3 is 18.8 Å². The minimum Gasteiger partial charge on any atom is -0.489 e. The predicted octanol–water partition coefficient (Wildman–Crippen LogP) is 6.60. The summed E-state index contributed by atoms with van der Waals surface area (Å²) in [5.74, 6) is 1.44. The monoisotopic (exact) mass is 593 g/mol. The number of hydrogen-bond acceptors (Lipinski definition) is 4. The minimum atomic E-state index is -2.72. The van der Waals surface area contributed by atoms with Crippen LogP contribution in [0.3, 0.4) is 0 Å². The fourth-order valence-electron chi connectivity index (χ4n) is 5.97. The molecule has 4 aromatic rings. The molecule has 1 amide bonds. The molecule has 5 nitrogen and oxygen atoms in total. The number of carbonyl (C=O) groups excluding carboxylic acids is 1. The Morgan fingerprint density at radius 1 is 0.744 bits per heavy atom. The molecule has 4 aromatic carbocycles. The van der Waals surface area contributed by atoms with Crippen LogP contribution in [0.4, 0.5) is 0 Å². The maximum Gasteiger partial charge on any atom is 0.263 e. The average Bonchev–Trinajstić information content (AvgIpc) is 3.58. The zero-order valence-electron chi connectivity index (χ0n) is 25.6. The number of hydrogen-bond donors (Lipinski definition) is 0.